The smallest absolute Gasteiger partial charge is 0.373 e. The largest absolute Gasteiger partial charge is 0.502 e. The van der Waals surface area contributed by atoms with Gasteiger partial charge in [-0.15, -0.1) is 0 Å². The molecule has 0 spiro atoms. The molecule has 0 bridgehead atoms. The number of allylic oxidation sites excluding steroid dienone is 1. The predicted octanol–water partition coefficient (Wildman–Crippen LogP) is 0.274. The van der Waals surface area contributed by atoms with Crippen molar-refractivity contribution in [3.63, 3.8) is 0 Å². The fraction of sp³-hybridized carbons (Fsp3) is 0.111. The van der Waals surface area contributed by atoms with Crippen LogP contribution in [-0.2, 0) is 9.53 Å². The molecular formula is C9H8N2O4. The number of methoxy groups -OCH3 is 1. The highest BCUT2D eigenvalue weighted by Crippen LogP contribution is 1.97. The second kappa shape index (κ2) is 4.85. The molecule has 0 unspecified atom stereocenters. The van der Waals surface area contributed by atoms with Crippen LogP contribution in [0.15, 0.2) is 30.3 Å². The predicted molar refractivity (Wildman–Crippen MR) is 49.1 cm³/mol. The Bertz CT molecular complexity index is 400. The number of hydrogen-bond donors (Lipinski definition) is 1. The Morgan fingerprint density at radius 1 is 1.40 bits per heavy atom. The summed E-state index contributed by atoms with van der Waals surface area (Å²) in [5.41, 5.74) is 0. The summed E-state index contributed by atoms with van der Waals surface area (Å²) in [6.07, 6.45) is 3.47. The van der Waals surface area contributed by atoms with Crippen molar-refractivity contribution in [2.45, 2.75) is 0 Å². The lowest BCUT2D eigenvalue weighted by molar-refractivity contribution is -0.139. The fourth-order valence-electron chi connectivity index (χ4n) is 0.779. The van der Waals surface area contributed by atoms with E-state index in [4.69, 9.17) is 5.11 Å². The number of ketones is 1. The van der Waals surface area contributed by atoms with E-state index in [1.807, 2.05) is 0 Å². The Kier molecular flexibility index (Phi) is 3.50. The Morgan fingerprint density at radius 2 is 2.00 bits per heavy atom. The molecule has 0 aliphatic rings. The minimum Gasteiger partial charge on any atom is -0.502 e. The lowest BCUT2D eigenvalue weighted by Crippen LogP contribution is -2.08. The second-order valence-corrected chi connectivity index (χ2v) is 2.46. The molecule has 0 amide bonds. The van der Waals surface area contributed by atoms with Gasteiger partial charge in [0.05, 0.1) is 7.11 Å². The van der Waals surface area contributed by atoms with Gasteiger partial charge in [0.1, 0.15) is 0 Å². The van der Waals surface area contributed by atoms with Gasteiger partial charge in [-0.2, -0.15) is 0 Å². The first-order valence-corrected chi connectivity index (χ1v) is 3.95. The quantitative estimate of drug-likeness (QED) is 0.332. The molecule has 0 radical (unpaired) electrons. The third kappa shape index (κ3) is 2.87. The Balaban J connectivity index is 2.84. The van der Waals surface area contributed by atoms with E-state index in [1.54, 1.807) is 6.07 Å². The van der Waals surface area contributed by atoms with Gasteiger partial charge in [-0.3, -0.25) is 4.79 Å². The van der Waals surface area contributed by atoms with Crippen molar-refractivity contribution in [3.05, 3.63) is 36.1 Å². The number of carbonyl (C=O) groups excluding carboxylic acids is 2. The lowest BCUT2D eigenvalue weighted by atomic mass is 10.3. The molecule has 15 heavy (non-hydrogen) atoms. The van der Waals surface area contributed by atoms with E-state index in [1.165, 1.54) is 12.4 Å². The molecule has 0 fully saturated rings. The minimum atomic E-state index is -0.987. The van der Waals surface area contributed by atoms with Crippen LogP contribution in [0.4, 0.5) is 0 Å². The molecule has 6 nitrogen and oxygen atoms in total. The van der Waals surface area contributed by atoms with Gasteiger partial charge < -0.3 is 9.84 Å². The van der Waals surface area contributed by atoms with Crippen molar-refractivity contribution < 1.29 is 19.4 Å². The second-order valence-electron chi connectivity index (χ2n) is 2.46. The highest BCUT2D eigenvalue weighted by molar-refractivity contribution is 6.05. The minimum absolute atomic E-state index is 0.104. The molecule has 0 aromatic carbocycles. The van der Waals surface area contributed by atoms with Gasteiger partial charge in [0.15, 0.2) is 0 Å². The average molecular weight is 208 g/mol. The molecular weight excluding hydrogens is 200 g/mol. The molecule has 1 N–H and O–H groups in total. The molecule has 0 aliphatic heterocycles. The van der Waals surface area contributed by atoms with Crippen LogP contribution in [0.25, 0.3) is 0 Å². The summed E-state index contributed by atoms with van der Waals surface area (Å²) in [6.45, 7) is 0. The molecule has 0 saturated carbocycles. The highest BCUT2D eigenvalue weighted by atomic mass is 16.5. The first-order chi connectivity index (χ1) is 7.15. The van der Waals surface area contributed by atoms with Gasteiger partial charge >= 0.3 is 5.97 Å². The number of esters is 1. The normalized spacial score (nSPS) is 10.9. The van der Waals surface area contributed by atoms with Crippen LogP contribution in [0.1, 0.15) is 10.6 Å². The molecule has 0 aliphatic carbocycles. The maximum Gasteiger partial charge on any atom is 0.373 e. The van der Waals surface area contributed by atoms with Gasteiger partial charge in [0.2, 0.25) is 17.4 Å². The van der Waals surface area contributed by atoms with E-state index in [-0.39, 0.29) is 5.82 Å². The van der Waals surface area contributed by atoms with Gasteiger partial charge in [-0.25, -0.2) is 14.8 Å². The van der Waals surface area contributed by atoms with Gasteiger partial charge in [0.25, 0.3) is 0 Å². The van der Waals surface area contributed by atoms with Crippen molar-refractivity contribution in [3.8, 4) is 0 Å². The topological polar surface area (TPSA) is 89.4 Å². The molecule has 78 valence electrons. The monoisotopic (exact) mass is 208 g/mol. The van der Waals surface area contributed by atoms with Crippen molar-refractivity contribution in [1.82, 2.24) is 9.97 Å². The van der Waals surface area contributed by atoms with E-state index < -0.39 is 17.5 Å². The van der Waals surface area contributed by atoms with Crippen LogP contribution >= 0.6 is 0 Å². The van der Waals surface area contributed by atoms with Crippen molar-refractivity contribution in [2.24, 2.45) is 0 Å². The first-order valence-electron chi connectivity index (χ1n) is 3.95. The van der Waals surface area contributed by atoms with Crippen LogP contribution in [0, 0.1) is 0 Å². The molecule has 6 heteroatoms. The summed E-state index contributed by atoms with van der Waals surface area (Å²) in [6, 6.07) is 1.54. The summed E-state index contributed by atoms with van der Waals surface area (Å²) in [7, 11) is 1.09. The number of nitrogens with zero attached hydrogens (tertiary/aromatic N) is 2. The average Bonchev–Trinajstić information content (AvgIpc) is 2.29. The number of hydrogen-bond acceptors (Lipinski definition) is 6. The standard InChI is InChI=1S/C9H8N2O4/c1-15-9(14)7(13)5-6(12)8-10-3-2-4-11-8/h2-5,13H,1H3/b7-5-. The zero-order chi connectivity index (χ0) is 11.3. The lowest BCUT2D eigenvalue weighted by Gasteiger charge is -1.96. The Hall–Kier alpha value is -2.24. The van der Waals surface area contributed by atoms with E-state index >= 15 is 0 Å². The summed E-state index contributed by atoms with van der Waals surface area (Å²) < 4.78 is 4.20. The van der Waals surface area contributed by atoms with Crippen molar-refractivity contribution >= 4 is 11.8 Å². The summed E-state index contributed by atoms with van der Waals surface area (Å²) in [5, 5.41) is 9.06. The van der Waals surface area contributed by atoms with E-state index in [2.05, 4.69) is 14.7 Å². The van der Waals surface area contributed by atoms with Crippen LogP contribution in [-0.4, -0.2) is 33.9 Å². The highest BCUT2D eigenvalue weighted by Gasteiger charge is 2.12. The molecule has 0 saturated heterocycles. The third-order valence-electron chi connectivity index (χ3n) is 1.45. The SMILES string of the molecule is COC(=O)/C(O)=C/C(=O)c1ncccn1. The Morgan fingerprint density at radius 3 is 2.53 bits per heavy atom. The van der Waals surface area contributed by atoms with Crippen LogP contribution in [0.5, 0.6) is 0 Å². The molecule has 1 aromatic rings. The van der Waals surface area contributed by atoms with E-state index in [0.29, 0.717) is 6.08 Å². The Labute approximate surface area is 85.2 Å². The summed E-state index contributed by atoms with van der Waals surface area (Å²) >= 11 is 0. The zero-order valence-corrected chi connectivity index (χ0v) is 7.88. The van der Waals surface area contributed by atoms with Gasteiger partial charge in [-0.05, 0) is 6.07 Å². The fourth-order valence-corrected chi connectivity index (χ4v) is 0.779. The van der Waals surface area contributed by atoms with Gasteiger partial charge in [0, 0.05) is 18.5 Å². The van der Waals surface area contributed by atoms with Crippen LogP contribution in [0.3, 0.4) is 0 Å². The zero-order valence-electron chi connectivity index (χ0n) is 7.88. The molecule has 0 atom stereocenters. The van der Waals surface area contributed by atoms with Crippen molar-refractivity contribution in [2.75, 3.05) is 7.11 Å². The van der Waals surface area contributed by atoms with Crippen LogP contribution < -0.4 is 0 Å². The number of rotatable bonds is 3. The van der Waals surface area contributed by atoms with E-state index in [0.717, 1.165) is 7.11 Å². The number of aromatic nitrogens is 2. The summed E-state index contributed by atoms with van der Waals surface area (Å²) in [5.74, 6) is -2.54. The maximum absolute atomic E-state index is 11.3. The van der Waals surface area contributed by atoms with Crippen molar-refractivity contribution in [1.29, 1.82) is 0 Å². The number of ether oxygens (including phenoxy) is 1. The van der Waals surface area contributed by atoms with Gasteiger partial charge in [-0.1, -0.05) is 0 Å². The maximum atomic E-state index is 11.3. The number of carbonyl (C=O) groups is 2. The third-order valence-corrected chi connectivity index (χ3v) is 1.45. The molecule has 1 aromatic heterocycles. The van der Waals surface area contributed by atoms with Crippen LogP contribution in [0.2, 0.25) is 0 Å². The van der Waals surface area contributed by atoms with E-state index in [9.17, 15) is 9.59 Å². The summed E-state index contributed by atoms with van der Waals surface area (Å²) in [4.78, 5) is 29.3. The molecule has 1 rings (SSSR count). The molecule has 1 heterocycles. The number of aliphatic hydroxyl groups is 1. The first kappa shape index (κ1) is 10.8. The number of aliphatic hydroxyl groups excluding tert-OH is 1.